The summed E-state index contributed by atoms with van der Waals surface area (Å²) >= 11 is 0. The zero-order valence-electron chi connectivity index (χ0n) is 21.1. The Balaban J connectivity index is 3.28. The third-order valence-corrected chi connectivity index (χ3v) is 6.84. The fraction of sp³-hybridized carbons (Fsp3) is 0.867. The van der Waals surface area contributed by atoms with Gasteiger partial charge in [-0.05, 0) is 25.7 Å². The molecular formula is C30H58. The number of hydrogen-bond donors (Lipinski definition) is 0. The van der Waals surface area contributed by atoms with Crippen LogP contribution in [-0.2, 0) is 0 Å². The lowest BCUT2D eigenvalue weighted by molar-refractivity contribution is 0.392. The smallest absolute Gasteiger partial charge is 0.0316 e. The van der Waals surface area contributed by atoms with Crippen LogP contribution in [0.2, 0.25) is 0 Å². The molecule has 1 atom stereocenters. The van der Waals surface area contributed by atoms with E-state index in [1.807, 2.05) is 6.08 Å². The largest absolute Gasteiger partial charge is 0.0885 e. The minimum Gasteiger partial charge on any atom is -0.0885 e. The van der Waals surface area contributed by atoms with Gasteiger partial charge in [-0.1, -0.05) is 167 Å². The molecule has 0 nitrogen and oxygen atoms in total. The molecule has 0 aromatic carbocycles. The standard InChI is InChI=1S/C30H58/c1-4-7-9-11-13-15-17-19-21-23-25-27-29-30(6-3)28-26-24-22-20-18-16-14-12-10-8-5-2/h5,8,30H,1-2,4,6-7,9-29H2,3H3/b8-5+. The zero-order chi connectivity index (χ0) is 22.0. The molecule has 0 aromatic rings. The van der Waals surface area contributed by atoms with E-state index in [0.717, 1.165) is 12.3 Å². The minimum atomic E-state index is 1.00. The van der Waals surface area contributed by atoms with Crippen LogP contribution in [0.25, 0.3) is 0 Å². The van der Waals surface area contributed by atoms with Gasteiger partial charge in [-0.25, -0.2) is 0 Å². The van der Waals surface area contributed by atoms with Gasteiger partial charge < -0.3 is 0 Å². The molecule has 0 heteroatoms. The molecule has 2 radical (unpaired) electrons. The molecule has 0 aromatic heterocycles. The van der Waals surface area contributed by atoms with Crippen molar-refractivity contribution in [3.63, 3.8) is 0 Å². The van der Waals surface area contributed by atoms with E-state index in [-0.39, 0.29) is 0 Å². The van der Waals surface area contributed by atoms with Crippen LogP contribution in [0.4, 0.5) is 0 Å². The van der Waals surface area contributed by atoms with Crippen LogP contribution in [0.3, 0.4) is 0 Å². The molecule has 0 saturated carbocycles. The van der Waals surface area contributed by atoms with Crippen LogP contribution < -0.4 is 0 Å². The molecule has 30 heavy (non-hydrogen) atoms. The summed E-state index contributed by atoms with van der Waals surface area (Å²) in [4.78, 5) is 0. The van der Waals surface area contributed by atoms with Crippen molar-refractivity contribution in [1.29, 1.82) is 0 Å². The van der Waals surface area contributed by atoms with E-state index >= 15 is 0 Å². The first-order valence-electron chi connectivity index (χ1n) is 14.1. The first kappa shape index (κ1) is 29.7. The number of rotatable bonds is 25. The highest BCUT2D eigenvalue weighted by Crippen LogP contribution is 2.22. The van der Waals surface area contributed by atoms with E-state index in [1.165, 1.54) is 148 Å². The van der Waals surface area contributed by atoms with Crippen LogP contribution in [0.5, 0.6) is 0 Å². The maximum atomic E-state index is 3.92. The van der Waals surface area contributed by atoms with Crippen molar-refractivity contribution in [2.24, 2.45) is 5.92 Å². The third kappa shape index (κ3) is 24.0. The van der Waals surface area contributed by atoms with E-state index < -0.39 is 0 Å². The molecule has 0 bridgehead atoms. The number of allylic oxidation sites excluding steroid dienone is 2. The van der Waals surface area contributed by atoms with E-state index in [1.54, 1.807) is 0 Å². The molecule has 0 spiro atoms. The molecule has 0 aliphatic heterocycles. The second-order valence-corrected chi connectivity index (χ2v) is 9.68. The lowest BCUT2D eigenvalue weighted by atomic mass is 9.92. The summed E-state index contributed by atoms with van der Waals surface area (Å²) in [6, 6.07) is 0. The Morgan fingerprint density at radius 1 is 0.533 bits per heavy atom. The summed E-state index contributed by atoms with van der Waals surface area (Å²) in [7, 11) is 0. The Bertz CT molecular complexity index is 316. The van der Waals surface area contributed by atoms with E-state index in [4.69, 9.17) is 0 Å². The normalized spacial score (nSPS) is 12.8. The summed E-state index contributed by atoms with van der Waals surface area (Å²) < 4.78 is 0. The first-order chi connectivity index (χ1) is 14.8. The van der Waals surface area contributed by atoms with Gasteiger partial charge in [0.15, 0.2) is 0 Å². The van der Waals surface area contributed by atoms with Crippen molar-refractivity contribution in [2.45, 2.75) is 161 Å². The topological polar surface area (TPSA) is 0 Å². The molecular weight excluding hydrogens is 360 g/mol. The SMILES string of the molecule is [CH2]/C=C/CCCCCCCCCCC(CC)CCCCCCCCCCCCC[CH2]. The van der Waals surface area contributed by atoms with Gasteiger partial charge in [0.05, 0.1) is 0 Å². The van der Waals surface area contributed by atoms with Crippen molar-refractivity contribution in [1.82, 2.24) is 0 Å². The second-order valence-electron chi connectivity index (χ2n) is 9.68. The Labute approximate surface area is 193 Å². The molecule has 0 fully saturated rings. The van der Waals surface area contributed by atoms with Crippen molar-refractivity contribution < 1.29 is 0 Å². The third-order valence-electron chi connectivity index (χ3n) is 6.84. The van der Waals surface area contributed by atoms with Gasteiger partial charge in [0, 0.05) is 0 Å². The fourth-order valence-corrected chi connectivity index (χ4v) is 4.63. The van der Waals surface area contributed by atoms with Gasteiger partial charge >= 0.3 is 0 Å². The number of unbranched alkanes of at least 4 members (excludes halogenated alkanes) is 19. The van der Waals surface area contributed by atoms with Gasteiger partial charge in [-0.15, -0.1) is 0 Å². The number of hydrogen-bond acceptors (Lipinski definition) is 0. The van der Waals surface area contributed by atoms with Gasteiger partial charge in [0.2, 0.25) is 0 Å². The summed E-state index contributed by atoms with van der Waals surface area (Å²) in [5.41, 5.74) is 0. The highest BCUT2D eigenvalue weighted by Gasteiger charge is 2.06. The Morgan fingerprint density at radius 3 is 1.27 bits per heavy atom. The fourth-order valence-electron chi connectivity index (χ4n) is 4.63. The van der Waals surface area contributed by atoms with E-state index in [0.29, 0.717) is 0 Å². The molecule has 0 amide bonds. The predicted molar refractivity (Wildman–Crippen MR) is 140 cm³/mol. The monoisotopic (exact) mass is 418 g/mol. The Morgan fingerprint density at radius 2 is 0.900 bits per heavy atom. The predicted octanol–water partition coefficient (Wildman–Crippen LogP) is 11.2. The molecule has 0 saturated heterocycles. The molecule has 0 rings (SSSR count). The Kier molecular flexibility index (Phi) is 26.5. The molecule has 0 N–H and O–H groups in total. The van der Waals surface area contributed by atoms with Crippen LogP contribution >= 0.6 is 0 Å². The summed E-state index contributed by atoms with van der Waals surface area (Å²) in [6.45, 7) is 10.1. The highest BCUT2D eigenvalue weighted by atomic mass is 14.1. The molecule has 0 aliphatic carbocycles. The summed E-state index contributed by atoms with van der Waals surface area (Å²) in [5, 5.41) is 0. The highest BCUT2D eigenvalue weighted by molar-refractivity contribution is 4.83. The molecule has 1 unspecified atom stereocenters. The van der Waals surface area contributed by atoms with Gasteiger partial charge in [0.25, 0.3) is 0 Å². The van der Waals surface area contributed by atoms with E-state index in [2.05, 4.69) is 26.8 Å². The molecule has 178 valence electrons. The van der Waals surface area contributed by atoms with Crippen LogP contribution in [0.15, 0.2) is 12.2 Å². The summed E-state index contributed by atoms with van der Waals surface area (Å²) in [5.74, 6) is 1.00. The average molecular weight is 419 g/mol. The lowest BCUT2D eigenvalue weighted by Gasteiger charge is -2.14. The lowest BCUT2D eigenvalue weighted by Crippen LogP contribution is -1.99. The molecule has 0 aliphatic rings. The maximum Gasteiger partial charge on any atom is -0.0316 e. The van der Waals surface area contributed by atoms with Gasteiger partial charge in [-0.3, -0.25) is 0 Å². The maximum absolute atomic E-state index is 3.92. The minimum absolute atomic E-state index is 1.00. The van der Waals surface area contributed by atoms with Crippen LogP contribution in [0.1, 0.15) is 161 Å². The Hall–Kier alpha value is -0.260. The van der Waals surface area contributed by atoms with Crippen molar-refractivity contribution in [3.8, 4) is 0 Å². The molecule has 0 heterocycles. The van der Waals surface area contributed by atoms with Crippen molar-refractivity contribution >= 4 is 0 Å². The van der Waals surface area contributed by atoms with Gasteiger partial charge in [-0.2, -0.15) is 0 Å². The summed E-state index contributed by atoms with van der Waals surface area (Å²) in [6.07, 6.45) is 38.3. The van der Waals surface area contributed by atoms with Crippen molar-refractivity contribution in [2.75, 3.05) is 0 Å². The van der Waals surface area contributed by atoms with Crippen LogP contribution in [-0.4, -0.2) is 0 Å². The van der Waals surface area contributed by atoms with Gasteiger partial charge in [0.1, 0.15) is 0 Å². The van der Waals surface area contributed by atoms with Crippen LogP contribution in [0, 0.1) is 19.8 Å². The zero-order valence-corrected chi connectivity index (χ0v) is 21.1. The van der Waals surface area contributed by atoms with E-state index in [9.17, 15) is 0 Å². The second kappa shape index (κ2) is 26.8. The van der Waals surface area contributed by atoms with Crippen molar-refractivity contribution in [3.05, 3.63) is 26.0 Å². The quantitative estimate of drug-likeness (QED) is 0.129. The first-order valence-corrected chi connectivity index (χ1v) is 14.1. The average Bonchev–Trinajstić information content (AvgIpc) is 2.76.